The monoisotopic (exact) mass is 400 g/mol. The molecule has 9 heteroatoms. The average Bonchev–Trinajstić information content (AvgIpc) is 3.39. The van der Waals surface area contributed by atoms with Crippen LogP contribution in [0.5, 0.6) is 5.75 Å². The average molecular weight is 400 g/mol. The minimum absolute atomic E-state index is 0.0837. The zero-order chi connectivity index (χ0) is 19.4. The molecule has 1 aromatic carbocycles. The molecule has 0 saturated carbocycles. The van der Waals surface area contributed by atoms with Gasteiger partial charge in [-0.15, -0.1) is 10.2 Å². The van der Waals surface area contributed by atoms with E-state index in [4.69, 9.17) is 9.15 Å². The summed E-state index contributed by atoms with van der Waals surface area (Å²) in [4.78, 5) is 4.03. The van der Waals surface area contributed by atoms with Crippen LogP contribution in [0.1, 0.15) is 24.8 Å². The quantitative estimate of drug-likeness (QED) is 0.601. The molecule has 3 heterocycles. The van der Waals surface area contributed by atoms with E-state index in [-0.39, 0.29) is 12.4 Å². The van der Waals surface area contributed by atoms with Gasteiger partial charge in [0.15, 0.2) is 0 Å². The van der Waals surface area contributed by atoms with Crippen LogP contribution in [-0.2, 0) is 10.0 Å². The molecule has 1 saturated heterocycles. The normalized spacial score (nSPS) is 17.6. The summed E-state index contributed by atoms with van der Waals surface area (Å²) in [5.74, 6) is 1.18. The van der Waals surface area contributed by atoms with Crippen LogP contribution in [0.4, 0.5) is 0 Å². The van der Waals surface area contributed by atoms with E-state index < -0.39 is 16.1 Å². The molecule has 0 N–H and O–H groups in total. The van der Waals surface area contributed by atoms with Gasteiger partial charge >= 0.3 is 0 Å². The summed E-state index contributed by atoms with van der Waals surface area (Å²) < 4.78 is 38.4. The largest absolute Gasteiger partial charge is 0.492 e. The summed E-state index contributed by atoms with van der Waals surface area (Å²) in [5.41, 5.74) is 0.699. The van der Waals surface area contributed by atoms with Gasteiger partial charge in [0.2, 0.25) is 21.8 Å². The second-order valence-electron chi connectivity index (χ2n) is 6.43. The Bertz CT molecular complexity index is 1010. The minimum Gasteiger partial charge on any atom is -0.492 e. The molecular formula is C19H20N4O4S. The number of nitrogens with zero attached hydrogens (tertiary/aromatic N) is 4. The molecule has 0 bridgehead atoms. The lowest BCUT2D eigenvalue weighted by Gasteiger charge is -2.21. The lowest BCUT2D eigenvalue weighted by Crippen LogP contribution is -2.34. The number of rotatable bonds is 7. The van der Waals surface area contributed by atoms with E-state index in [2.05, 4.69) is 15.2 Å². The Labute approximate surface area is 163 Å². The second-order valence-corrected chi connectivity index (χ2v) is 8.47. The van der Waals surface area contributed by atoms with Gasteiger partial charge in [0.25, 0.3) is 0 Å². The Morgan fingerprint density at radius 1 is 1.14 bits per heavy atom. The number of aromatic nitrogens is 3. The number of hydrogen-bond acceptors (Lipinski definition) is 7. The second kappa shape index (κ2) is 8.07. The highest BCUT2D eigenvalue weighted by Crippen LogP contribution is 2.34. The van der Waals surface area contributed by atoms with E-state index in [1.165, 1.54) is 4.31 Å². The molecule has 8 nitrogen and oxygen atoms in total. The number of sulfonamides is 1. The summed E-state index contributed by atoms with van der Waals surface area (Å²) in [5, 5.41) is 8.13. The number of hydrogen-bond donors (Lipinski definition) is 0. The van der Waals surface area contributed by atoms with Crippen LogP contribution < -0.4 is 4.74 Å². The molecule has 0 radical (unpaired) electrons. The number of pyridine rings is 1. The van der Waals surface area contributed by atoms with E-state index in [1.54, 1.807) is 30.6 Å². The molecule has 2 aromatic heterocycles. The summed E-state index contributed by atoms with van der Waals surface area (Å²) in [7, 11) is -3.51. The van der Waals surface area contributed by atoms with Gasteiger partial charge < -0.3 is 9.15 Å². The van der Waals surface area contributed by atoms with Gasteiger partial charge in [-0.05, 0) is 37.1 Å². The van der Waals surface area contributed by atoms with Crippen molar-refractivity contribution in [1.82, 2.24) is 19.5 Å². The Hall–Kier alpha value is -2.78. The van der Waals surface area contributed by atoms with Crippen molar-refractivity contribution in [1.29, 1.82) is 0 Å². The van der Waals surface area contributed by atoms with Crippen molar-refractivity contribution in [2.75, 3.05) is 18.9 Å². The van der Waals surface area contributed by atoms with Gasteiger partial charge in [-0.2, -0.15) is 4.31 Å². The van der Waals surface area contributed by atoms with Crippen molar-refractivity contribution in [3.05, 3.63) is 60.7 Å². The first-order valence-electron chi connectivity index (χ1n) is 9.05. The molecule has 0 amide bonds. The molecule has 0 aliphatic carbocycles. The first-order chi connectivity index (χ1) is 13.6. The van der Waals surface area contributed by atoms with Gasteiger partial charge in [0.1, 0.15) is 18.4 Å². The number of benzene rings is 1. The third-order valence-corrected chi connectivity index (χ3v) is 6.38. The first-order valence-corrected chi connectivity index (χ1v) is 10.7. The molecule has 1 atom stereocenters. The first kappa shape index (κ1) is 18.6. The number of para-hydroxylation sites is 1. The van der Waals surface area contributed by atoms with Gasteiger partial charge in [-0.3, -0.25) is 4.98 Å². The van der Waals surface area contributed by atoms with Crippen molar-refractivity contribution in [3.8, 4) is 17.2 Å². The van der Waals surface area contributed by atoms with Crippen LogP contribution in [-0.4, -0.2) is 46.8 Å². The highest BCUT2D eigenvalue weighted by atomic mass is 32.2. The predicted octanol–water partition coefficient (Wildman–Crippen LogP) is 2.68. The third kappa shape index (κ3) is 4.05. The Kier molecular flexibility index (Phi) is 5.36. The van der Waals surface area contributed by atoms with Crippen LogP contribution >= 0.6 is 0 Å². The molecule has 3 aromatic rings. The molecule has 0 unspecified atom stereocenters. The van der Waals surface area contributed by atoms with Crippen molar-refractivity contribution < 1.29 is 17.6 Å². The molecule has 0 spiro atoms. The topological polar surface area (TPSA) is 98.4 Å². The smallest absolute Gasteiger partial charge is 0.249 e. The van der Waals surface area contributed by atoms with Crippen LogP contribution in [0.2, 0.25) is 0 Å². The standard InChI is InChI=1S/C19H20N4O4S/c24-28(25,13-12-26-16-7-2-1-3-8-16)23-11-5-9-17(23)19-22-21-18(27-19)15-6-4-10-20-14-15/h1-4,6-8,10,14,17H,5,9,11-13H2/t17-/m0/s1. The van der Waals surface area contributed by atoms with Crippen molar-refractivity contribution in [2.45, 2.75) is 18.9 Å². The fourth-order valence-corrected chi connectivity index (χ4v) is 4.71. The summed E-state index contributed by atoms with van der Waals surface area (Å²) in [6.45, 7) is 0.517. The molecule has 1 aliphatic rings. The SMILES string of the molecule is O=S(=O)(CCOc1ccccc1)N1CCC[C@H]1c1nnc(-c2cccnc2)o1. The molecule has 146 valence electrons. The molecule has 28 heavy (non-hydrogen) atoms. The summed E-state index contributed by atoms with van der Waals surface area (Å²) in [6.07, 6.45) is 4.67. The van der Waals surface area contributed by atoms with E-state index in [9.17, 15) is 8.42 Å². The molecule has 4 rings (SSSR count). The van der Waals surface area contributed by atoms with Crippen LogP contribution in [0.25, 0.3) is 11.5 Å². The lowest BCUT2D eigenvalue weighted by molar-refractivity contribution is 0.316. The number of ether oxygens (including phenoxy) is 1. The highest BCUT2D eigenvalue weighted by Gasteiger charge is 2.38. The van der Waals surface area contributed by atoms with E-state index in [0.29, 0.717) is 36.1 Å². The van der Waals surface area contributed by atoms with Crippen LogP contribution in [0.3, 0.4) is 0 Å². The van der Waals surface area contributed by atoms with Gasteiger partial charge in [-0.25, -0.2) is 8.42 Å². The zero-order valence-electron chi connectivity index (χ0n) is 15.1. The van der Waals surface area contributed by atoms with Gasteiger partial charge in [0, 0.05) is 18.9 Å². The van der Waals surface area contributed by atoms with Crippen LogP contribution in [0.15, 0.2) is 59.3 Å². The van der Waals surface area contributed by atoms with Gasteiger partial charge in [0.05, 0.1) is 11.3 Å². The molecular weight excluding hydrogens is 380 g/mol. The van der Waals surface area contributed by atoms with Crippen molar-refractivity contribution in [2.24, 2.45) is 0 Å². The predicted molar refractivity (Wildman–Crippen MR) is 102 cm³/mol. The minimum atomic E-state index is -3.51. The summed E-state index contributed by atoms with van der Waals surface area (Å²) in [6, 6.07) is 12.3. The molecule has 1 aliphatic heterocycles. The molecule has 1 fully saturated rings. The Morgan fingerprint density at radius 3 is 2.79 bits per heavy atom. The van der Waals surface area contributed by atoms with Crippen LogP contribution in [0, 0.1) is 0 Å². The highest BCUT2D eigenvalue weighted by molar-refractivity contribution is 7.89. The zero-order valence-corrected chi connectivity index (χ0v) is 16.0. The van der Waals surface area contributed by atoms with Crippen molar-refractivity contribution >= 4 is 10.0 Å². The Balaban J connectivity index is 1.45. The van der Waals surface area contributed by atoms with E-state index >= 15 is 0 Å². The fourth-order valence-electron chi connectivity index (χ4n) is 3.19. The van der Waals surface area contributed by atoms with Crippen molar-refractivity contribution in [3.63, 3.8) is 0 Å². The maximum absolute atomic E-state index is 12.8. The maximum Gasteiger partial charge on any atom is 0.249 e. The third-order valence-electron chi connectivity index (χ3n) is 4.55. The van der Waals surface area contributed by atoms with E-state index in [1.807, 2.05) is 24.3 Å². The van der Waals surface area contributed by atoms with E-state index in [0.717, 1.165) is 6.42 Å². The lowest BCUT2D eigenvalue weighted by atomic mass is 10.2. The fraction of sp³-hybridized carbons (Fsp3) is 0.316. The van der Waals surface area contributed by atoms with Gasteiger partial charge in [-0.1, -0.05) is 18.2 Å². The Morgan fingerprint density at radius 2 is 2.00 bits per heavy atom. The maximum atomic E-state index is 12.8. The summed E-state index contributed by atoms with van der Waals surface area (Å²) >= 11 is 0.